The molecule has 1 atom stereocenters. The molecule has 1 aromatic heterocycles. The minimum atomic E-state index is -3.92. The molecular formula is C10H15N3O6S. The van der Waals surface area contributed by atoms with Crippen LogP contribution in [0.1, 0.15) is 24.3 Å². The summed E-state index contributed by atoms with van der Waals surface area (Å²) in [7, 11) is -3.92. The van der Waals surface area contributed by atoms with E-state index in [0.29, 0.717) is 5.76 Å². The molecule has 0 aliphatic carbocycles. The molecule has 0 aliphatic heterocycles. The molecule has 0 aromatic carbocycles. The average Bonchev–Trinajstić information content (AvgIpc) is 2.68. The second kappa shape index (κ2) is 6.48. The Morgan fingerprint density at radius 1 is 1.55 bits per heavy atom. The summed E-state index contributed by atoms with van der Waals surface area (Å²) in [5, 5.41) is 12.4. The Labute approximate surface area is 115 Å². The van der Waals surface area contributed by atoms with Gasteiger partial charge in [0.15, 0.2) is 0 Å². The number of hydrogen-bond acceptors (Lipinski definition) is 6. The zero-order chi connectivity index (χ0) is 15.3. The first-order valence-electron chi connectivity index (χ1n) is 5.63. The lowest BCUT2D eigenvalue weighted by atomic mass is 10.2. The average molecular weight is 305 g/mol. The first-order chi connectivity index (χ1) is 9.19. The van der Waals surface area contributed by atoms with Crippen molar-refractivity contribution in [1.29, 1.82) is 0 Å². The number of carbonyl (C=O) groups excluding carboxylic acids is 1. The monoisotopic (exact) mass is 305 g/mol. The van der Waals surface area contributed by atoms with Gasteiger partial charge < -0.3 is 15.4 Å². The normalized spacial score (nSPS) is 13.1. The lowest BCUT2D eigenvalue weighted by Crippen LogP contribution is -2.41. The van der Waals surface area contributed by atoms with E-state index in [0.717, 1.165) is 0 Å². The van der Waals surface area contributed by atoms with Gasteiger partial charge in [0.25, 0.3) is 0 Å². The predicted octanol–water partition coefficient (Wildman–Crippen LogP) is -0.879. The molecule has 0 spiro atoms. The molecule has 0 radical (unpaired) electrons. The van der Waals surface area contributed by atoms with Gasteiger partial charge in [-0.2, -0.15) is 0 Å². The lowest BCUT2D eigenvalue weighted by Gasteiger charge is -2.13. The van der Waals surface area contributed by atoms with Crippen LogP contribution in [-0.4, -0.2) is 36.6 Å². The van der Waals surface area contributed by atoms with E-state index in [1.807, 2.05) is 4.72 Å². The SMILES string of the molecule is Cc1cc(CS(=O)(=O)N[C@H](CCC(N)=O)C(=O)O)no1. The first kappa shape index (κ1) is 16.1. The molecule has 0 fully saturated rings. The van der Waals surface area contributed by atoms with E-state index in [1.54, 1.807) is 6.92 Å². The fourth-order valence-corrected chi connectivity index (χ4v) is 2.72. The molecule has 0 saturated heterocycles. The van der Waals surface area contributed by atoms with Crippen molar-refractivity contribution in [3.63, 3.8) is 0 Å². The number of aliphatic carboxylic acids is 1. The summed E-state index contributed by atoms with van der Waals surface area (Å²) in [4.78, 5) is 21.5. The summed E-state index contributed by atoms with van der Waals surface area (Å²) < 4.78 is 30.3. The van der Waals surface area contributed by atoms with Crippen LogP contribution in [0.5, 0.6) is 0 Å². The van der Waals surface area contributed by atoms with Crippen molar-refractivity contribution >= 4 is 21.9 Å². The Morgan fingerprint density at radius 2 is 2.20 bits per heavy atom. The van der Waals surface area contributed by atoms with Crippen LogP contribution in [0.3, 0.4) is 0 Å². The highest BCUT2D eigenvalue weighted by Gasteiger charge is 2.25. The van der Waals surface area contributed by atoms with Gasteiger partial charge in [0, 0.05) is 12.5 Å². The Hall–Kier alpha value is -1.94. The molecular weight excluding hydrogens is 290 g/mol. The maximum absolute atomic E-state index is 11.8. The number of amides is 1. The van der Waals surface area contributed by atoms with Gasteiger partial charge in [-0.1, -0.05) is 5.16 Å². The van der Waals surface area contributed by atoms with Gasteiger partial charge in [0.05, 0.1) is 0 Å². The number of aromatic nitrogens is 1. The Kier molecular flexibility index (Phi) is 5.22. The summed E-state index contributed by atoms with van der Waals surface area (Å²) in [5.41, 5.74) is 5.06. The largest absolute Gasteiger partial charge is 0.480 e. The predicted molar refractivity (Wildman–Crippen MR) is 66.9 cm³/mol. The van der Waals surface area contributed by atoms with Crippen molar-refractivity contribution in [3.05, 3.63) is 17.5 Å². The zero-order valence-electron chi connectivity index (χ0n) is 10.7. The molecule has 1 aromatic rings. The fourth-order valence-electron chi connectivity index (χ4n) is 1.46. The number of nitrogens with one attached hydrogen (secondary N) is 1. The molecule has 0 bridgehead atoms. The van der Waals surface area contributed by atoms with Crippen LogP contribution in [0, 0.1) is 6.92 Å². The van der Waals surface area contributed by atoms with Crippen molar-refractivity contribution in [1.82, 2.24) is 9.88 Å². The van der Waals surface area contributed by atoms with Gasteiger partial charge in [0.2, 0.25) is 15.9 Å². The minimum Gasteiger partial charge on any atom is -0.480 e. The van der Waals surface area contributed by atoms with E-state index in [-0.39, 0.29) is 18.5 Å². The van der Waals surface area contributed by atoms with Gasteiger partial charge in [-0.25, -0.2) is 13.1 Å². The number of carbonyl (C=O) groups is 2. The topological polar surface area (TPSA) is 153 Å². The standard InChI is InChI=1S/C10H15N3O6S/c1-6-4-7(12-19-6)5-20(17,18)13-8(10(15)16)2-3-9(11)14/h4,8,13H,2-3,5H2,1H3,(H2,11,14)(H,15,16)/t8-/m1/s1. The summed E-state index contributed by atoms with van der Waals surface area (Å²) in [6, 6.07) is 0.0128. The number of aryl methyl sites for hydroxylation is 1. The minimum absolute atomic E-state index is 0.161. The van der Waals surface area contributed by atoms with Crippen LogP contribution < -0.4 is 10.5 Å². The van der Waals surface area contributed by atoms with Crippen LogP contribution in [0.4, 0.5) is 0 Å². The quantitative estimate of drug-likeness (QED) is 0.563. The van der Waals surface area contributed by atoms with Crippen LogP contribution in [0.2, 0.25) is 0 Å². The number of nitrogens with two attached hydrogens (primary N) is 1. The van der Waals surface area contributed by atoms with E-state index >= 15 is 0 Å². The number of carboxylic acid groups (broad SMARTS) is 1. The van der Waals surface area contributed by atoms with Crippen molar-refractivity contribution in [2.75, 3.05) is 0 Å². The van der Waals surface area contributed by atoms with Crippen molar-refractivity contribution in [2.24, 2.45) is 5.73 Å². The van der Waals surface area contributed by atoms with Gasteiger partial charge >= 0.3 is 5.97 Å². The molecule has 1 rings (SSSR count). The molecule has 112 valence electrons. The van der Waals surface area contributed by atoms with E-state index in [4.69, 9.17) is 15.4 Å². The summed E-state index contributed by atoms with van der Waals surface area (Å²) >= 11 is 0. The van der Waals surface area contributed by atoms with Crippen LogP contribution in [-0.2, 0) is 25.4 Å². The van der Waals surface area contributed by atoms with Crippen LogP contribution >= 0.6 is 0 Å². The number of hydrogen-bond donors (Lipinski definition) is 3. The van der Waals surface area contributed by atoms with Crippen LogP contribution in [0.25, 0.3) is 0 Å². The number of nitrogens with zero attached hydrogens (tertiary/aromatic N) is 1. The van der Waals surface area contributed by atoms with Gasteiger partial charge in [-0.05, 0) is 13.3 Å². The molecule has 10 heteroatoms. The van der Waals surface area contributed by atoms with Gasteiger partial charge in [-0.15, -0.1) is 0 Å². The van der Waals surface area contributed by atoms with Crippen molar-refractivity contribution < 1.29 is 27.6 Å². The van der Waals surface area contributed by atoms with Crippen molar-refractivity contribution in [2.45, 2.75) is 31.6 Å². The molecule has 0 aliphatic rings. The van der Waals surface area contributed by atoms with Gasteiger partial charge in [0.1, 0.15) is 23.2 Å². The highest BCUT2D eigenvalue weighted by atomic mass is 32.2. The second-order valence-electron chi connectivity index (χ2n) is 4.20. The van der Waals surface area contributed by atoms with Crippen LogP contribution in [0.15, 0.2) is 10.6 Å². The highest BCUT2D eigenvalue weighted by Crippen LogP contribution is 2.07. The third kappa shape index (κ3) is 5.36. The smallest absolute Gasteiger partial charge is 0.321 e. The highest BCUT2D eigenvalue weighted by molar-refractivity contribution is 7.88. The second-order valence-corrected chi connectivity index (χ2v) is 5.96. The Bertz CT molecular complexity index is 594. The summed E-state index contributed by atoms with van der Waals surface area (Å²) in [6.45, 7) is 1.60. The summed E-state index contributed by atoms with van der Waals surface area (Å²) in [6.07, 6.45) is -0.454. The van der Waals surface area contributed by atoms with Crippen molar-refractivity contribution in [3.8, 4) is 0 Å². The molecule has 0 unspecified atom stereocenters. The maximum atomic E-state index is 11.8. The molecule has 1 amide bonds. The fraction of sp³-hybridized carbons (Fsp3) is 0.500. The molecule has 20 heavy (non-hydrogen) atoms. The number of primary amides is 1. The zero-order valence-corrected chi connectivity index (χ0v) is 11.5. The Balaban J connectivity index is 2.70. The van der Waals surface area contributed by atoms with E-state index in [2.05, 4.69) is 5.16 Å². The lowest BCUT2D eigenvalue weighted by molar-refractivity contribution is -0.139. The number of rotatable bonds is 8. The number of sulfonamides is 1. The maximum Gasteiger partial charge on any atom is 0.321 e. The summed E-state index contributed by atoms with van der Waals surface area (Å²) in [5.74, 6) is -2.16. The Morgan fingerprint density at radius 3 is 2.65 bits per heavy atom. The van der Waals surface area contributed by atoms with E-state index < -0.39 is 33.7 Å². The molecule has 0 saturated carbocycles. The van der Waals surface area contributed by atoms with Gasteiger partial charge in [-0.3, -0.25) is 9.59 Å². The molecule has 4 N–H and O–H groups in total. The molecule has 1 heterocycles. The van der Waals surface area contributed by atoms with E-state index in [1.165, 1.54) is 6.07 Å². The van der Waals surface area contributed by atoms with E-state index in [9.17, 15) is 18.0 Å². The first-order valence-corrected chi connectivity index (χ1v) is 7.28. The third-order valence-electron chi connectivity index (χ3n) is 2.31. The number of carboxylic acids is 1. The third-order valence-corrected chi connectivity index (χ3v) is 3.63. The molecule has 9 nitrogen and oxygen atoms in total.